The van der Waals surface area contributed by atoms with Crippen LogP contribution in [0, 0.1) is 0 Å². The summed E-state index contributed by atoms with van der Waals surface area (Å²) in [7, 11) is 0. The molecular formula is C9H11O2+. The van der Waals surface area contributed by atoms with Crippen molar-refractivity contribution in [3.05, 3.63) is 36.5 Å². The number of rotatable bonds is 3. The first-order valence-corrected chi connectivity index (χ1v) is 3.58. The second-order valence-corrected chi connectivity index (χ2v) is 1.97. The molecular weight excluding hydrogens is 140 g/mol. The molecule has 0 N–H and O–H groups in total. The third-order valence-electron chi connectivity index (χ3n) is 1.15. The predicted molar refractivity (Wildman–Crippen MR) is 43.8 cm³/mol. The lowest BCUT2D eigenvalue weighted by atomic mass is 10.4. The van der Waals surface area contributed by atoms with E-state index in [1.165, 1.54) is 0 Å². The largest absolute Gasteiger partial charge is 0.501 e. The molecule has 0 bridgehead atoms. The van der Waals surface area contributed by atoms with E-state index in [-0.39, 0.29) is 0 Å². The summed E-state index contributed by atoms with van der Waals surface area (Å²) in [6, 6.07) is 5.61. The fourth-order valence-electron chi connectivity index (χ4n) is 0.659. The van der Waals surface area contributed by atoms with Gasteiger partial charge < -0.3 is 4.74 Å². The van der Waals surface area contributed by atoms with E-state index in [0.717, 1.165) is 5.76 Å². The molecule has 0 unspecified atom stereocenters. The minimum atomic E-state index is 0.684. The van der Waals surface area contributed by atoms with Crippen LogP contribution in [0.15, 0.2) is 35.1 Å². The predicted octanol–water partition coefficient (Wildman–Crippen LogP) is 2.57. The zero-order chi connectivity index (χ0) is 7.94. The minimum absolute atomic E-state index is 0.684. The quantitative estimate of drug-likeness (QED) is 0.489. The van der Waals surface area contributed by atoms with Crippen molar-refractivity contribution in [2.45, 2.75) is 6.92 Å². The van der Waals surface area contributed by atoms with E-state index in [4.69, 9.17) is 9.15 Å². The van der Waals surface area contributed by atoms with E-state index in [0.29, 0.717) is 6.61 Å². The van der Waals surface area contributed by atoms with Crippen LogP contribution in [0.2, 0.25) is 0 Å². The lowest BCUT2D eigenvalue weighted by Gasteiger charge is -1.87. The van der Waals surface area contributed by atoms with Crippen LogP contribution < -0.4 is 0 Å². The van der Waals surface area contributed by atoms with Gasteiger partial charge in [-0.15, -0.1) is 0 Å². The summed E-state index contributed by atoms with van der Waals surface area (Å²) in [5, 5.41) is 0. The van der Waals surface area contributed by atoms with Crippen LogP contribution in [0.4, 0.5) is 0 Å². The average molecular weight is 151 g/mol. The molecule has 0 aromatic carbocycles. The molecule has 0 spiro atoms. The zero-order valence-corrected chi connectivity index (χ0v) is 6.49. The van der Waals surface area contributed by atoms with E-state index in [2.05, 4.69) is 0 Å². The Hall–Kier alpha value is -1.31. The van der Waals surface area contributed by atoms with Crippen molar-refractivity contribution in [2.24, 2.45) is 0 Å². The monoisotopic (exact) mass is 151 g/mol. The molecule has 0 aliphatic carbocycles. The number of hydrogen-bond acceptors (Lipinski definition) is 1. The zero-order valence-electron chi connectivity index (χ0n) is 6.49. The van der Waals surface area contributed by atoms with Gasteiger partial charge in [0.25, 0.3) is 0 Å². The normalized spacial score (nSPS) is 10.3. The van der Waals surface area contributed by atoms with Gasteiger partial charge in [-0.05, 0) is 13.0 Å². The topological polar surface area (TPSA) is 20.5 Å². The van der Waals surface area contributed by atoms with Gasteiger partial charge in [0.05, 0.1) is 18.9 Å². The first kappa shape index (κ1) is 7.79. The molecule has 1 rings (SSSR count). The van der Waals surface area contributed by atoms with Gasteiger partial charge in [-0.25, -0.2) is 4.42 Å². The molecule has 0 aliphatic rings. The fourth-order valence-corrected chi connectivity index (χ4v) is 0.659. The van der Waals surface area contributed by atoms with Crippen molar-refractivity contribution >= 4 is 6.08 Å². The fraction of sp³-hybridized carbons (Fsp3) is 0.222. The van der Waals surface area contributed by atoms with Gasteiger partial charge in [0.15, 0.2) is 0 Å². The van der Waals surface area contributed by atoms with Gasteiger partial charge in [0.2, 0.25) is 0 Å². The Morgan fingerprint density at radius 2 is 2.45 bits per heavy atom. The van der Waals surface area contributed by atoms with Crippen LogP contribution in [0.25, 0.3) is 6.08 Å². The molecule has 1 heterocycles. The summed E-state index contributed by atoms with van der Waals surface area (Å²) >= 11 is 0. The van der Waals surface area contributed by atoms with Crippen LogP contribution in [0.5, 0.6) is 0 Å². The van der Waals surface area contributed by atoms with Crippen LogP contribution in [0.1, 0.15) is 12.7 Å². The standard InChI is InChI=1S/C9H11O2/c1-2-10-8-6-9-5-3-4-7-11-9/h3-8H,2H2,1H3/q+1. The number of ether oxygens (including phenoxy) is 1. The van der Waals surface area contributed by atoms with Gasteiger partial charge >= 0.3 is 12.0 Å². The second kappa shape index (κ2) is 4.50. The van der Waals surface area contributed by atoms with Crippen molar-refractivity contribution in [3.8, 4) is 0 Å². The summed E-state index contributed by atoms with van der Waals surface area (Å²) in [5.74, 6) is 0.793. The Kier molecular flexibility index (Phi) is 3.19. The van der Waals surface area contributed by atoms with Gasteiger partial charge in [0.1, 0.15) is 0 Å². The third kappa shape index (κ3) is 2.85. The summed E-state index contributed by atoms with van der Waals surface area (Å²) in [6.45, 7) is 2.62. The summed E-state index contributed by atoms with van der Waals surface area (Å²) in [4.78, 5) is 0. The molecule has 1 aromatic heterocycles. The molecule has 0 radical (unpaired) electrons. The van der Waals surface area contributed by atoms with E-state index in [9.17, 15) is 0 Å². The molecule has 0 saturated carbocycles. The highest BCUT2D eigenvalue weighted by molar-refractivity contribution is 5.39. The molecule has 0 fully saturated rings. The highest BCUT2D eigenvalue weighted by Gasteiger charge is 1.96. The van der Waals surface area contributed by atoms with E-state index in [1.54, 1.807) is 18.6 Å². The summed E-state index contributed by atoms with van der Waals surface area (Å²) < 4.78 is 10.1. The SMILES string of the molecule is CCOC=Cc1cccc[o+]1. The van der Waals surface area contributed by atoms with Crippen molar-refractivity contribution < 1.29 is 9.15 Å². The van der Waals surface area contributed by atoms with E-state index in [1.807, 2.05) is 25.1 Å². The van der Waals surface area contributed by atoms with E-state index >= 15 is 0 Å². The Bertz CT molecular complexity index is 216. The van der Waals surface area contributed by atoms with Gasteiger partial charge in [0, 0.05) is 12.1 Å². The Labute approximate surface area is 66.1 Å². The van der Waals surface area contributed by atoms with Gasteiger partial charge in [-0.1, -0.05) is 0 Å². The Morgan fingerprint density at radius 3 is 3.09 bits per heavy atom. The molecule has 0 amide bonds. The average Bonchev–Trinajstić information content (AvgIpc) is 2.07. The third-order valence-corrected chi connectivity index (χ3v) is 1.15. The Balaban J connectivity index is 2.50. The molecule has 0 saturated heterocycles. The maximum Gasteiger partial charge on any atom is 0.355 e. The maximum absolute atomic E-state index is 5.11. The maximum atomic E-state index is 5.11. The van der Waals surface area contributed by atoms with Crippen molar-refractivity contribution in [1.82, 2.24) is 0 Å². The van der Waals surface area contributed by atoms with Crippen molar-refractivity contribution in [1.29, 1.82) is 0 Å². The first-order valence-electron chi connectivity index (χ1n) is 3.58. The molecule has 0 aliphatic heterocycles. The van der Waals surface area contributed by atoms with Crippen LogP contribution in [0.3, 0.4) is 0 Å². The van der Waals surface area contributed by atoms with Crippen molar-refractivity contribution in [2.75, 3.05) is 6.61 Å². The van der Waals surface area contributed by atoms with Crippen LogP contribution in [-0.2, 0) is 4.74 Å². The van der Waals surface area contributed by atoms with Crippen molar-refractivity contribution in [3.63, 3.8) is 0 Å². The minimum Gasteiger partial charge on any atom is -0.501 e. The van der Waals surface area contributed by atoms with E-state index < -0.39 is 0 Å². The molecule has 1 aromatic rings. The smallest absolute Gasteiger partial charge is 0.355 e. The summed E-state index contributed by atoms with van der Waals surface area (Å²) in [6.07, 6.45) is 5.04. The molecule has 2 nitrogen and oxygen atoms in total. The molecule has 58 valence electrons. The second-order valence-electron chi connectivity index (χ2n) is 1.97. The lowest BCUT2D eigenvalue weighted by molar-refractivity contribution is 0.271. The molecule has 11 heavy (non-hydrogen) atoms. The molecule has 2 heteroatoms. The van der Waals surface area contributed by atoms with Crippen LogP contribution in [-0.4, -0.2) is 6.61 Å². The van der Waals surface area contributed by atoms with Gasteiger partial charge in [-0.2, -0.15) is 0 Å². The first-order chi connectivity index (χ1) is 5.43. The molecule has 0 atom stereocenters. The lowest BCUT2D eigenvalue weighted by Crippen LogP contribution is -1.76. The Morgan fingerprint density at radius 1 is 1.55 bits per heavy atom. The summed E-state index contributed by atoms with van der Waals surface area (Å²) in [5.41, 5.74) is 0. The number of hydrogen-bond donors (Lipinski definition) is 0. The van der Waals surface area contributed by atoms with Crippen LogP contribution >= 0.6 is 0 Å². The highest BCUT2D eigenvalue weighted by atomic mass is 16.5. The highest BCUT2D eigenvalue weighted by Crippen LogP contribution is 2.00. The van der Waals surface area contributed by atoms with Gasteiger partial charge in [-0.3, -0.25) is 0 Å².